The van der Waals surface area contributed by atoms with E-state index in [0.717, 1.165) is 11.3 Å². The van der Waals surface area contributed by atoms with E-state index in [1.165, 1.54) is 6.08 Å². The van der Waals surface area contributed by atoms with Gasteiger partial charge in [0.05, 0.1) is 19.8 Å². The monoisotopic (exact) mass is 308 g/mol. The molecular weight excluding hydrogens is 288 g/mol. The van der Waals surface area contributed by atoms with Crippen molar-refractivity contribution >= 4 is 11.9 Å². The number of aliphatic hydroxyl groups excluding tert-OH is 3. The number of rotatable bonds is 5. The lowest BCUT2D eigenvalue weighted by atomic mass is 9.96. The molecule has 6 heteroatoms. The largest absolute Gasteiger partial charge is 0.497 e. The van der Waals surface area contributed by atoms with Crippen LogP contribution >= 0.6 is 0 Å². The first-order chi connectivity index (χ1) is 10.5. The van der Waals surface area contributed by atoms with Crippen LogP contribution in [0.15, 0.2) is 30.3 Å². The van der Waals surface area contributed by atoms with Gasteiger partial charge in [0.15, 0.2) is 5.78 Å². The quantitative estimate of drug-likeness (QED) is 0.670. The van der Waals surface area contributed by atoms with Crippen molar-refractivity contribution in [2.45, 2.75) is 30.8 Å². The minimum Gasteiger partial charge on any atom is -0.497 e. The summed E-state index contributed by atoms with van der Waals surface area (Å²) >= 11 is 0. The first kappa shape index (κ1) is 16.6. The molecule has 1 aliphatic rings. The molecule has 2 rings (SSSR count). The summed E-state index contributed by atoms with van der Waals surface area (Å²) in [5.74, 6) is 0.498. The maximum absolute atomic E-state index is 11.9. The van der Waals surface area contributed by atoms with E-state index in [2.05, 4.69) is 0 Å². The summed E-state index contributed by atoms with van der Waals surface area (Å²) in [6.07, 6.45) is -1.52. The molecule has 4 unspecified atom stereocenters. The summed E-state index contributed by atoms with van der Waals surface area (Å²) < 4.78 is 10.2. The van der Waals surface area contributed by atoms with Crippen LogP contribution in [0.1, 0.15) is 12.0 Å². The van der Waals surface area contributed by atoms with E-state index in [1.54, 1.807) is 25.3 Å². The van der Waals surface area contributed by atoms with Crippen molar-refractivity contribution in [2.75, 3.05) is 13.7 Å². The van der Waals surface area contributed by atoms with Gasteiger partial charge < -0.3 is 24.8 Å². The molecule has 1 aromatic rings. The minimum atomic E-state index is -1.29. The third-order valence-corrected chi connectivity index (χ3v) is 3.59. The van der Waals surface area contributed by atoms with Gasteiger partial charge in [0.2, 0.25) is 0 Å². The van der Waals surface area contributed by atoms with Gasteiger partial charge in [-0.25, -0.2) is 0 Å². The van der Waals surface area contributed by atoms with Gasteiger partial charge in [0.25, 0.3) is 0 Å². The zero-order chi connectivity index (χ0) is 16.1. The van der Waals surface area contributed by atoms with Crippen molar-refractivity contribution in [3.63, 3.8) is 0 Å². The van der Waals surface area contributed by atoms with Crippen LogP contribution in [0.2, 0.25) is 0 Å². The van der Waals surface area contributed by atoms with E-state index >= 15 is 0 Å². The maximum Gasteiger partial charge on any atom is 0.158 e. The molecule has 1 heterocycles. The Morgan fingerprint density at radius 3 is 2.59 bits per heavy atom. The molecule has 0 aromatic heterocycles. The number of allylic oxidation sites excluding steroid dienone is 1. The first-order valence-electron chi connectivity index (χ1n) is 7.02. The molecule has 0 saturated carbocycles. The van der Waals surface area contributed by atoms with Crippen LogP contribution in [0.25, 0.3) is 6.08 Å². The van der Waals surface area contributed by atoms with Crippen LogP contribution in [0.5, 0.6) is 5.75 Å². The zero-order valence-electron chi connectivity index (χ0n) is 12.3. The average Bonchev–Trinajstić information content (AvgIpc) is 2.54. The first-order valence-corrected chi connectivity index (χ1v) is 7.02. The second-order valence-electron chi connectivity index (χ2n) is 5.20. The van der Waals surface area contributed by atoms with E-state index in [9.17, 15) is 20.1 Å². The Balaban J connectivity index is 1.90. The molecule has 1 aromatic carbocycles. The van der Waals surface area contributed by atoms with Crippen LogP contribution in [-0.4, -0.2) is 59.2 Å². The van der Waals surface area contributed by atoms with Crippen molar-refractivity contribution in [3.8, 4) is 5.75 Å². The molecule has 4 atom stereocenters. The highest BCUT2D eigenvalue weighted by atomic mass is 16.5. The Bertz CT molecular complexity index is 524. The van der Waals surface area contributed by atoms with Crippen molar-refractivity contribution < 1.29 is 29.6 Å². The van der Waals surface area contributed by atoms with Crippen molar-refractivity contribution in [1.29, 1.82) is 0 Å². The molecule has 1 fully saturated rings. The second-order valence-corrected chi connectivity index (χ2v) is 5.20. The smallest absolute Gasteiger partial charge is 0.158 e. The number of methoxy groups -OCH3 is 1. The van der Waals surface area contributed by atoms with E-state index < -0.39 is 24.4 Å². The minimum absolute atomic E-state index is 0.0579. The molecule has 3 N–H and O–H groups in total. The highest BCUT2D eigenvalue weighted by Gasteiger charge is 2.37. The molecule has 120 valence electrons. The summed E-state index contributed by atoms with van der Waals surface area (Å²) in [5, 5.41) is 28.7. The number of carbonyl (C=O) groups excluding carboxylic acids is 1. The molecule has 0 amide bonds. The second kappa shape index (κ2) is 7.51. The summed E-state index contributed by atoms with van der Waals surface area (Å²) in [7, 11) is 1.58. The van der Waals surface area contributed by atoms with Crippen LogP contribution < -0.4 is 4.74 Å². The summed E-state index contributed by atoms with van der Waals surface area (Å²) in [5.41, 5.74) is 0.842. The van der Waals surface area contributed by atoms with E-state index in [-0.39, 0.29) is 18.8 Å². The average molecular weight is 308 g/mol. The normalized spacial score (nSPS) is 28.7. The molecule has 0 aliphatic carbocycles. The Hall–Kier alpha value is -1.73. The van der Waals surface area contributed by atoms with E-state index in [4.69, 9.17) is 9.47 Å². The number of ether oxygens (including phenoxy) is 2. The molecule has 1 saturated heterocycles. The number of hydrogen-bond acceptors (Lipinski definition) is 6. The van der Waals surface area contributed by atoms with E-state index in [1.807, 2.05) is 12.1 Å². The van der Waals surface area contributed by atoms with Gasteiger partial charge in [-0.2, -0.15) is 0 Å². The van der Waals surface area contributed by atoms with Crippen molar-refractivity contribution in [2.24, 2.45) is 0 Å². The lowest BCUT2D eigenvalue weighted by Gasteiger charge is -2.34. The highest BCUT2D eigenvalue weighted by molar-refractivity contribution is 5.93. The van der Waals surface area contributed by atoms with Gasteiger partial charge in [0, 0.05) is 6.42 Å². The number of ketones is 1. The predicted octanol–water partition coefficient (Wildman–Crippen LogP) is 0.149. The lowest BCUT2D eigenvalue weighted by Crippen LogP contribution is -2.53. The van der Waals surface area contributed by atoms with Crippen molar-refractivity contribution in [3.05, 3.63) is 35.9 Å². The molecule has 1 aliphatic heterocycles. The fraction of sp³-hybridized carbons (Fsp3) is 0.438. The SMILES string of the molecule is COc1ccc(/C=C/C(=O)CC2OCC(O)C(O)C2O)cc1. The third kappa shape index (κ3) is 4.14. The van der Waals surface area contributed by atoms with Gasteiger partial charge in [-0.05, 0) is 23.8 Å². The fourth-order valence-electron chi connectivity index (χ4n) is 2.22. The molecular formula is C16H20O6. The molecule has 22 heavy (non-hydrogen) atoms. The molecule has 0 bridgehead atoms. The predicted molar refractivity (Wildman–Crippen MR) is 79.4 cm³/mol. The van der Waals surface area contributed by atoms with Crippen LogP contribution in [-0.2, 0) is 9.53 Å². The van der Waals surface area contributed by atoms with Gasteiger partial charge in [-0.1, -0.05) is 18.2 Å². The lowest BCUT2D eigenvalue weighted by molar-refractivity contribution is -0.188. The van der Waals surface area contributed by atoms with Crippen LogP contribution in [0.3, 0.4) is 0 Å². The number of carbonyl (C=O) groups is 1. The van der Waals surface area contributed by atoms with Gasteiger partial charge in [-0.3, -0.25) is 4.79 Å². The van der Waals surface area contributed by atoms with Crippen LogP contribution in [0, 0.1) is 0 Å². The Morgan fingerprint density at radius 1 is 1.27 bits per heavy atom. The Morgan fingerprint density at radius 2 is 1.95 bits per heavy atom. The van der Waals surface area contributed by atoms with Gasteiger partial charge in [0.1, 0.15) is 24.1 Å². The fourth-order valence-corrected chi connectivity index (χ4v) is 2.22. The topological polar surface area (TPSA) is 96.2 Å². The number of hydrogen-bond donors (Lipinski definition) is 3. The summed E-state index contributed by atoms with van der Waals surface area (Å²) in [6, 6.07) is 7.20. The number of aliphatic hydroxyl groups is 3. The molecule has 0 radical (unpaired) electrons. The third-order valence-electron chi connectivity index (χ3n) is 3.59. The number of benzene rings is 1. The standard InChI is InChI=1S/C16H20O6/c1-21-12-6-3-10(4-7-12)2-5-11(17)8-14-16(20)15(19)13(18)9-22-14/h2-7,13-16,18-20H,8-9H2,1H3/b5-2+. The molecule has 6 nitrogen and oxygen atoms in total. The Kier molecular flexibility index (Phi) is 5.68. The highest BCUT2D eigenvalue weighted by Crippen LogP contribution is 2.19. The van der Waals surface area contributed by atoms with Crippen molar-refractivity contribution in [1.82, 2.24) is 0 Å². The zero-order valence-corrected chi connectivity index (χ0v) is 12.3. The summed E-state index contributed by atoms with van der Waals surface area (Å²) in [4.78, 5) is 11.9. The Labute approximate surface area is 128 Å². The molecule has 0 spiro atoms. The van der Waals surface area contributed by atoms with Crippen LogP contribution in [0.4, 0.5) is 0 Å². The van der Waals surface area contributed by atoms with Gasteiger partial charge >= 0.3 is 0 Å². The van der Waals surface area contributed by atoms with E-state index in [0.29, 0.717) is 0 Å². The van der Waals surface area contributed by atoms with Gasteiger partial charge in [-0.15, -0.1) is 0 Å². The maximum atomic E-state index is 11.9. The summed E-state index contributed by atoms with van der Waals surface area (Å²) in [6.45, 7) is -0.0988.